The maximum Gasteiger partial charge on any atom is 0.241 e. The van der Waals surface area contributed by atoms with E-state index in [0.717, 1.165) is 17.0 Å². The summed E-state index contributed by atoms with van der Waals surface area (Å²) in [5.74, 6) is 0.0808. The fraction of sp³-hybridized carbons (Fsp3) is 0.462. The maximum atomic E-state index is 11.9. The van der Waals surface area contributed by atoms with E-state index in [1.807, 2.05) is 44.4 Å². The molecule has 0 bridgehead atoms. The van der Waals surface area contributed by atoms with Gasteiger partial charge in [0, 0.05) is 4.90 Å². The Morgan fingerprint density at radius 1 is 1.47 bits per heavy atom. The second-order valence-electron chi connectivity index (χ2n) is 4.10. The van der Waals surface area contributed by atoms with Gasteiger partial charge in [-0.15, -0.1) is 11.8 Å². The first-order valence-electron chi connectivity index (χ1n) is 5.79. The topological polar surface area (TPSA) is 55.1 Å². The molecule has 0 aromatic heterocycles. The molecule has 0 saturated heterocycles. The highest BCUT2D eigenvalue weighted by Gasteiger charge is 2.19. The summed E-state index contributed by atoms with van der Waals surface area (Å²) in [6, 6.07) is 7.29. The van der Waals surface area contributed by atoms with Gasteiger partial charge in [0.05, 0.1) is 11.7 Å². The largest absolute Gasteiger partial charge is 0.324 e. The molecule has 3 N–H and O–H groups in total. The van der Waals surface area contributed by atoms with Crippen molar-refractivity contribution in [3.63, 3.8) is 0 Å². The Kier molecular flexibility index (Phi) is 5.51. The van der Waals surface area contributed by atoms with E-state index >= 15 is 0 Å². The number of nitrogens with two attached hydrogens (primary N) is 1. The summed E-state index contributed by atoms with van der Waals surface area (Å²) in [6.45, 7) is 4.03. The number of carbonyl (C=O) groups is 1. The van der Waals surface area contributed by atoms with Crippen LogP contribution in [0.3, 0.4) is 0 Å². The van der Waals surface area contributed by atoms with Crippen molar-refractivity contribution in [3.05, 3.63) is 24.3 Å². The summed E-state index contributed by atoms with van der Waals surface area (Å²) in [5.41, 5.74) is 6.73. The fourth-order valence-electron chi connectivity index (χ4n) is 1.48. The molecule has 4 heteroatoms. The number of rotatable bonds is 5. The third-order valence-corrected chi connectivity index (χ3v) is 3.72. The number of thioether (sulfide) groups is 1. The molecule has 0 aliphatic heterocycles. The first-order valence-corrected chi connectivity index (χ1v) is 7.02. The number of para-hydroxylation sites is 1. The molecule has 3 nitrogen and oxygen atoms in total. The van der Waals surface area contributed by atoms with Crippen LogP contribution in [0, 0.1) is 5.92 Å². The van der Waals surface area contributed by atoms with E-state index in [1.165, 1.54) is 0 Å². The Labute approximate surface area is 107 Å². The standard InChI is InChI=1S/C13H20N2OS/c1-4-9(2)12(14)13(16)15-10-7-5-6-8-11(10)17-3/h5-9,12H,4,14H2,1-3H3,(H,15,16)/t9-,12-/m0/s1. The molecule has 94 valence electrons. The molecule has 0 unspecified atom stereocenters. The molecule has 2 atom stereocenters. The van der Waals surface area contributed by atoms with E-state index in [-0.39, 0.29) is 11.8 Å². The van der Waals surface area contributed by atoms with Crippen LogP contribution in [-0.2, 0) is 4.79 Å². The Balaban J connectivity index is 2.74. The zero-order valence-corrected chi connectivity index (χ0v) is 11.4. The molecular weight excluding hydrogens is 232 g/mol. The second kappa shape index (κ2) is 6.67. The summed E-state index contributed by atoms with van der Waals surface area (Å²) in [6.07, 6.45) is 2.89. The average molecular weight is 252 g/mol. The van der Waals surface area contributed by atoms with Gasteiger partial charge in [0.1, 0.15) is 0 Å². The van der Waals surface area contributed by atoms with Crippen molar-refractivity contribution >= 4 is 23.4 Å². The highest BCUT2D eigenvalue weighted by atomic mass is 32.2. The third-order valence-electron chi connectivity index (χ3n) is 2.92. The Morgan fingerprint density at radius 2 is 2.12 bits per heavy atom. The lowest BCUT2D eigenvalue weighted by atomic mass is 9.99. The van der Waals surface area contributed by atoms with Crippen LogP contribution >= 0.6 is 11.8 Å². The zero-order valence-electron chi connectivity index (χ0n) is 10.6. The molecule has 1 aromatic carbocycles. The van der Waals surface area contributed by atoms with E-state index < -0.39 is 6.04 Å². The first kappa shape index (κ1) is 14.1. The van der Waals surface area contributed by atoms with Gasteiger partial charge in [-0.1, -0.05) is 32.4 Å². The van der Waals surface area contributed by atoms with Crippen LogP contribution < -0.4 is 11.1 Å². The van der Waals surface area contributed by atoms with Gasteiger partial charge in [-0.2, -0.15) is 0 Å². The molecule has 0 fully saturated rings. The quantitative estimate of drug-likeness (QED) is 0.792. The van der Waals surface area contributed by atoms with Crippen LogP contribution in [0.15, 0.2) is 29.2 Å². The summed E-state index contributed by atoms with van der Waals surface area (Å²) < 4.78 is 0. The number of anilines is 1. The molecule has 17 heavy (non-hydrogen) atoms. The van der Waals surface area contributed by atoms with Crippen LogP contribution in [0.4, 0.5) is 5.69 Å². The number of hydrogen-bond donors (Lipinski definition) is 2. The van der Waals surface area contributed by atoms with Gasteiger partial charge in [0.2, 0.25) is 5.91 Å². The molecule has 0 aliphatic rings. The van der Waals surface area contributed by atoms with Crippen molar-refractivity contribution in [1.29, 1.82) is 0 Å². The molecule has 1 aromatic rings. The van der Waals surface area contributed by atoms with Crippen molar-refractivity contribution < 1.29 is 4.79 Å². The van der Waals surface area contributed by atoms with E-state index in [4.69, 9.17) is 5.73 Å². The van der Waals surface area contributed by atoms with Crippen LogP contribution in [0.2, 0.25) is 0 Å². The lowest BCUT2D eigenvalue weighted by Crippen LogP contribution is -2.40. The molecule has 0 heterocycles. The van der Waals surface area contributed by atoms with Gasteiger partial charge >= 0.3 is 0 Å². The molecule has 0 aliphatic carbocycles. The molecular formula is C13H20N2OS. The summed E-state index contributed by atoms with van der Waals surface area (Å²) in [5, 5.41) is 2.89. The SMILES string of the molecule is CC[C@H](C)[C@H](N)C(=O)Nc1ccccc1SC. The minimum Gasteiger partial charge on any atom is -0.324 e. The number of benzene rings is 1. The monoisotopic (exact) mass is 252 g/mol. The summed E-state index contributed by atoms with van der Waals surface area (Å²) in [7, 11) is 0. The van der Waals surface area contributed by atoms with E-state index in [2.05, 4.69) is 5.32 Å². The minimum absolute atomic E-state index is 0.110. The molecule has 0 radical (unpaired) electrons. The smallest absolute Gasteiger partial charge is 0.241 e. The van der Waals surface area contributed by atoms with Gasteiger partial charge in [-0.3, -0.25) is 4.79 Å². The van der Waals surface area contributed by atoms with Crippen LogP contribution in [0.25, 0.3) is 0 Å². The van der Waals surface area contributed by atoms with Crippen LogP contribution in [-0.4, -0.2) is 18.2 Å². The van der Waals surface area contributed by atoms with Gasteiger partial charge in [0.25, 0.3) is 0 Å². The van der Waals surface area contributed by atoms with E-state index in [9.17, 15) is 4.79 Å². The van der Waals surface area contributed by atoms with Crippen molar-refractivity contribution in [1.82, 2.24) is 0 Å². The Hall–Kier alpha value is -1.00. The van der Waals surface area contributed by atoms with Gasteiger partial charge in [0.15, 0.2) is 0 Å². The number of nitrogens with one attached hydrogen (secondary N) is 1. The molecule has 0 spiro atoms. The first-order chi connectivity index (χ1) is 8.10. The summed E-state index contributed by atoms with van der Waals surface area (Å²) in [4.78, 5) is 13.0. The van der Waals surface area contributed by atoms with Gasteiger partial charge in [-0.25, -0.2) is 0 Å². The molecule has 0 saturated carbocycles. The molecule has 1 rings (SSSR count). The Morgan fingerprint density at radius 3 is 2.71 bits per heavy atom. The van der Waals surface area contributed by atoms with E-state index in [1.54, 1.807) is 11.8 Å². The summed E-state index contributed by atoms with van der Waals surface area (Å²) >= 11 is 1.61. The Bertz CT molecular complexity index is 381. The van der Waals surface area contributed by atoms with Crippen molar-refractivity contribution in [2.45, 2.75) is 31.2 Å². The third kappa shape index (κ3) is 3.75. The predicted octanol–water partition coefficient (Wildman–Crippen LogP) is 2.72. The fourth-order valence-corrected chi connectivity index (χ4v) is 2.03. The second-order valence-corrected chi connectivity index (χ2v) is 4.95. The van der Waals surface area contributed by atoms with Crippen LogP contribution in [0.1, 0.15) is 20.3 Å². The van der Waals surface area contributed by atoms with Gasteiger partial charge in [-0.05, 0) is 24.3 Å². The molecule has 1 amide bonds. The van der Waals surface area contributed by atoms with Crippen molar-refractivity contribution in [3.8, 4) is 0 Å². The van der Waals surface area contributed by atoms with Crippen molar-refractivity contribution in [2.24, 2.45) is 11.7 Å². The van der Waals surface area contributed by atoms with Gasteiger partial charge < -0.3 is 11.1 Å². The minimum atomic E-state index is -0.449. The normalized spacial score (nSPS) is 14.1. The number of carbonyl (C=O) groups excluding carboxylic acids is 1. The van der Waals surface area contributed by atoms with Crippen LogP contribution in [0.5, 0.6) is 0 Å². The zero-order chi connectivity index (χ0) is 12.8. The van der Waals surface area contributed by atoms with Crippen molar-refractivity contribution in [2.75, 3.05) is 11.6 Å². The average Bonchev–Trinajstić information content (AvgIpc) is 2.37. The lowest BCUT2D eigenvalue weighted by Gasteiger charge is -2.18. The number of hydrogen-bond acceptors (Lipinski definition) is 3. The number of amides is 1. The predicted molar refractivity (Wildman–Crippen MR) is 74.3 cm³/mol. The highest BCUT2D eigenvalue weighted by molar-refractivity contribution is 7.98. The highest BCUT2D eigenvalue weighted by Crippen LogP contribution is 2.24. The maximum absolute atomic E-state index is 11.9. The van der Waals surface area contributed by atoms with E-state index in [0.29, 0.717) is 0 Å². The lowest BCUT2D eigenvalue weighted by molar-refractivity contribution is -0.118.